The fourth-order valence-electron chi connectivity index (χ4n) is 2.45. The number of carbonyl (C=O) groups is 1. The maximum Gasteiger partial charge on any atom is 0.230 e. The lowest BCUT2D eigenvalue weighted by atomic mass is 10.0. The van der Waals surface area contributed by atoms with E-state index in [1.807, 2.05) is 26.0 Å². The third-order valence-electron chi connectivity index (χ3n) is 3.80. The molecule has 0 aliphatic heterocycles. The molecular formula is C18H21FN2O. The number of hydrogen-bond donors (Lipinski definition) is 0. The Kier molecular flexibility index (Phi) is 5.64. The summed E-state index contributed by atoms with van der Waals surface area (Å²) < 4.78 is 13.2. The molecular weight excluding hydrogens is 279 g/mol. The molecule has 0 atom stereocenters. The Morgan fingerprint density at radius 3 is 2.41 bits per heavy atom. The second-order valence-corrected chi connectivity index (χ2v) is 5.28. The highest BCUT2D eigenvalue weighted by Gasteiger charge is 2.23. The third-order valence-corrected chi connectivity index (χ3v) is 3.80. The summed E-state index contributed by atoms with van der Waals surface area (Å²) in [5.41, 5.74) is 1.66. The second kappa shape index (κ2) is 7.69. The van der Waals surface area contributed by atoms with Crippen LogP contribution in [-0.4, -0.2) is 10.9 Å². The van der Waals surface area contributed by atoms with Crippen LogP contribution in [0.5, 0.6) is 0 Å². The molecule has 1 aromatic heterocycles. The molecule has 0 fully saturated rings. The van der Waals surface area contributed by atoms with Gasteiger partial charge in [-0.25, -0.2) is 4.39 Å². The van der Waals surface area contributed by atoms with E-state index in [4.69, 9.17) is 0 Å². The van der Waals surface area contributed by atoms with Crippen molar-refractivity contribution in [3.8, 4) is 0 Å². The van der Waals surface area contributed by atoms with Crippen molar-refractivity contribution in [1.29, 1.82) is 0 Å². The number of halogens is 1. The molecule has 0 aliphatic rings. The van der Waals surface area contributed by atoms with Crippen molar-refractivity contribution in [2.45, 2.75) is 33.2 Å². The predicted octanol–water partition coefficient (Wildman–Crippen LogP) is 4.19. The molecule has 0 spiro atoms. The van der Waals surface area contributed by atoms with Crippen LogP contribution in [0.4, 0.5) is 10.1 Å². The Hall–Kier alpha value is -2.23. The highest BCUT2D eigenvalue weighted by molar-refractivity contribution is 5.94. The van der Waals surface area contributed by atoms with E-state index in [0.717, 1.165) is 18.4 Å². The van der Waals surface area contributed by atoms with Gasteiger partial charge in [-0.2, -0.15) is 0 Å². The lowest BCUT2D eigenvalue weighted by Gasteiger charge is -2.26. The number of nitrogens with zero attached hydrogens (tertiary/aromatic N) is 2. The van der Waals surface area contributed by atoms with Gasteiger partial charge in [-0.05, 0) is 48.7 Å². The zero-order chi connectivity index (χ0) is 15.9. The van der Waals surface area contributed by atoms with Gasteiger partial charge in [0.25, 0.3) is 0 Å². The van der Waals surface area contributed by atoms with E-state index in [0.29, 0.717) is 12.2 Å². The average molecular weight is 300 g/mol. The second-order valence-electron chi connectivity index (χ2n) is 5.28. The molecule has 0 N–H and O–H groups in total. The molecule has 0 unspecified atom stereocenters. The van der Waals surface area contributed by atoms with Gasteiger partial charge < -0.3 is 4.90 Å². The van der Waals surface area contributed by atoms with Crippen LogP contribution >= 0.6 is 0 Å². The first-order chi connectivity index (χ1) is 10.7. The smallest absolute Gasteiger partial charge is 0.230 e. The maximum atomic E-state index is 13.2. The number of amides is 1. The summed E-state index contributed by atoms with van der Waals surface area (Å²) in [6, 6.07) is 9.83. The van der Waals surface area contributed by atoms with Gasteiger partial charge in [0.15, 0.2) is 0 Å². The van der Waals surface area contributed by atoms with Gasteiger partial charge in [-0.1, -0.05) is 19.9 Å². The predicted molar refractivity (Wildman–Crippen MR) is 85.9 cm³/mol. The number of benzene rings is 1. The van der Waals surface area contributed by atoms with E-state index in [9.17, 15) is 9.18 Å². The maximum absolute atomic E-state index is 13.2. The number of carbonyl (C=O) groups excluding carboxylic acids is 1. The summed E-state index contributed by atoms with van der Waals surface area (Å²) in [6.45, 7) is 4.47. The minimum Gasteiger partial charge on any atom is -0.308 e. The summed E-state index contributed by atoms with van der Waals surface area (Å²) in [5, 5.41) is 0. The highest BCUT2D eigenvalue weighted by Crippen LogP contribution is 2.22. The van der Waals surface area contributed by atoms with E-state index >= 15 is 0 Å². The van der Waals surface area contributed by atoms with Gasteiger partial charge in [0, 0.05) is 24.0 Å². The topological polar surface area (TPSA) is 33.2 Å². The van der Waals surface area contributed by atoms with Crippen LogP contribution < -0.4 is 4.90 Å². The van der Waals surface area contributed by atoms with Crippen LogP contribution in [0.3, 0.4) is 0 Å². The van der Waals surface area contributed by atoms with Crippen molar-refractivity contribution >= 4 is 11.6 Å². The molecule has 0 radical (unpaired) electrons. The minimum atomic E-state index is -0.306. The third kappa shape index (κ3) is 3.91. The summed E-state index contributed by atoms with van der Waals surface area (Å²) >= 11 is 0. The molecule has 0 bridgehead atoms. The first-order valence-electron chi connectivity index (χ1n) is 7.61. The van der Waals surface area contributed by atoms with Crippen molar-refractivity contribution in [3.63, 3.8) is 0 Å². The van der Waals surface area contributed by atoms with Crippen molar-refractivity contribution in [2.75, 3.05) is 4.90 Å². The monoisotopic (exact) mass is 300 g/mol. The first kappa shape index (κ1) is 16.1. The Morgan fingerprint density at radius 2 is 1.86 bits per heavy atom. The van der Waals surface area contributed by atoms with Gasteiger partial charge in [0.2, 0.25) is 5.91 Å². The van der Waals surface area contributed by atoms with E-state index < -0.39 is 0 Å². The molecule has 1 heterocycles. The number of rotatable bonds is 6. The van der Waals surface area contributed by atoms with E-state index in [1.54, 1.807) is 29.4 Å². The van der Waals surface area contributed by atoms with Crippen molar-refractivity contribution in [3.05, 3.63) is 60.2 Å². The zero-order valence-corrected chi connectivity index (χ0v) is 13.0. The number of aromatic nitrogens is 1. The van der Waals surface area contributed by atoms with E-state index in [-0.39, 0.29) is 17.6 Å². The molecule has 2 rings (SSSR count). The normalized spacial score (nSPS) is 10.7. The molecule has 0 saturated carbocycles. The Morgan fingerprint density at radius 1 is 1.18 bits per heavy atom. The van der Waals surface area contributed by atoms with Crippen molar-refractivity contribution in [2.24, 2.45) is 5.92 Å². The average Bonchev–Trinajstić information content (AvgIpc) is 2.55. The van der Waals surface area contributed by atoms with Crippen LogP contribution in [0.15, 0.2) is 48.8 Å². The standard InChI is InChI=1S/C18H21FN2O/c1-3-15(4-2)18(22)21(13-14-6-5-11-20-12-14)17-9-7-16(19)8-10-17/h5-12,15H,3-4,13H2,1-2H3. The van der Waals surface area contributed by atoms with Crippen LogP contribution in [0.25, 0.3) is 0 Å². The molecule has 0 saturated heterocycles. The molecule has 3 nitrogen and oxygen atoms in total. The molecule has 1 amide bonds. The van der Waals surface area contributed by atoms with E-state index in [2.05, 4.69) is 4.98 Å². The fraction of sp³-hybridized carbons (Fsp3) is 0.333. The van der Waals surface area contributed by atoms with Gasteiger partial charge >= 0.3 is 0 Å². The molecule has 116 valence electrons. The lowest BCUT2D eigenvalue weighted by molar-refractivity contribution is -0.122. The zero-order valence-electron chi connectivity index (χ0n) is 13.0. The molecule has 0 aliphatic carbocycles. The number of pyridine rings is 1. The van der Waals surface area contributed by atoms with Gasteiger partial charge in [-0.3, -0.25) is 9.78 Å². The molecule has 2 aromatic rings. The quantitative estimate of drug-likeness (QED) is 0.801. The van der Waals surface area contributed by atoms with Gasteiger partial charge in [0.1, 0.15) is 5.82 Å². The summed E-state index contributed by atoms with van der Waals surface area (Å²) in [6.07, 6.45) is 5.03. The number of hydrogen-bond acceptors (Lipinski definition) is 2. The number of anilines is 1. The van der Waals surface area contributed by atoms with Crippen LogP contribution in [0, 0.1) is 11.7 Å². The summed E-state index contributed by atoms with van der Waals surface area (Å²) in [4.78, 5) is 18.6. The lowest BCUT2D eigenvalue weighted by Crippen LogP contribution is -2.35. The largest absolute Gasteiger partial charge is 0.308 e. The Balaban J connectivity index is 2.31. The van der Waals surface area contributed by atoms with Gasteiger partial charge in [0.05, 0.1) is 6.54 Å². The summed E-state index contributed by atoms with van der Waals surface area (Å²) in [5.74, 6) is -0.262. The van der Waals surface area contributed by atoms with Crippen LogP contribution in [-0.2, 0) is 11.3 Å². The minimum absolute atomic E-state index is 0.0262. The van der Waals surface area contributed by atoms with Crippen molar-refractivity contribution in [1.82, 2.24) is 4.98 Å². The SMILES string of the molecule is CCC(CC)C(=O)N(Cc1cccnc1)c1ccc(F)cc1. The fourth-order valence-corrected chi connectivity index (χ4v) is 2.45. The first-order valence-corrected chi connectivity index (χ1v) is 7.61. The molecule has 1 aromatic carbocycles. The Labute approximate surface area is 130 Å². The van der Waals surface area contributed by atoms with Crippen LogP contribution in [0.1, 0.15) is 32.3 Å². The van der Waals surface area contributed by atoms with Gasteiger partial charge in [-0.15, -0.1) is 0 Å². The van der Waals surface area contributed by atoms with E-state index in [1.165, 1.54) is 12.1 Å². The summed E-state index contributed by atoms with van der Waals surface area (Å²) in [7, 11) is 0. The molecule has 22 heavy (non-hydrogen) atoms. The Bertz CT molecular complexity index is 594. The highest BCUT2D eigenvalue weighted by atomic mass is 19.1. The van der Waals surface area contributed by atoms with Crippen molar-refractivity contribution < 1.29 is 9.18 Å². The van der Waals surface area contributed by atoms with Crippen LogP contribution in [0.2, 0.25) is 0 Å². The molecule has 4 heteroatoms.